The third kappa shape index (κ3) is 4.61. The molecule has 0 heterocycles. The van der Waals surface area contributed by atoms with Crippen LogP contribution >= 0.6 is 34.8 Å². The molecule has 134 valence electrons. The maximum absolute atomic E-state index is 13.9. The molecular weight excluding hydrogens is 396 g/mol. The summed E-state index contributed by atoms with van der Waals surface area (Å²) in [5, 5.41) is 4.60. The minimum absolute atomic E-state index is 0.0509. The van der Waals surface area contributed by atoms with Gasteiger partial charge in [-0.3, -0.25) is 0 Å². The van der Waals surface area contributed by atoms with E-state index in [4.69, 9.17) is 39.5 Å². The molecule has 0 aliphatic heterocycles. The maximum atomic E-state index is 13.9. The summed E-state index contributed by atoms with van der Waals surface area (Å²) in [4.78, 5) is 0. The Bertz CT molecular complexity index is 897. The number of rotatable bonds is 6. The van der Waals surface area contributed by atoms with Crippen LogP contribution in [0.25, 0.3) is 0 Å². The first-order valence-electron chi connectivity index (χ1n) is 7.87. The van der Waals surface area contributed by atoms with E-state index in [0.29, 0.717) is 32.9 Å². The van der Waals surface area contributed by atoms with Gasteiger partial charge in [-0.2, -0.15) is 0 Å². The second-order valence-electron chi connectivity index (χ2n) is 5.58. The molecule has 0 unspecified atom stereocenters. The van der Waals surface area contributed by atoms with E-state index in [1.807, 2.05) is 30.3 Å². The summed E-state index contributed by atoms with van der Waals surface area (Å²) < 4.78 is 19.7. The Balaban J connectivity index is 1.71. The number of para-hydroxylation sites is 1. The third-order valence-corrected chi connectivity index (χ3v) is 4.90. The first kappa shape index (κ1) is 18.8. The predicted molar refractivity (Wildman–Crippen MR) is 106 cm³/mol. The molecule has 3 rings (SSSR count). The summed E-state index contributed by atoms with van der Waals surface area (Å²) in [6.07, 6.45) is 0. The molecule has 1 N–H and O–H groups in total. The minimum atomic E-state index is -0.385. The molecule has 6 heteroatoms. The normalized spacial score (nSPS) is 10.6. The van der Waals surface area contributed by atoms with Crippen LogP contribution < -0.4 is 10.1 Å². The summed E-state index contributed by atoms with van der Waals surface area (Å²) in [6.45, 7) is 0.564. The second kappa shape index (κ2) is 8.63. The molecule has 3 aromatic carbocycles. The molecule has 0 spiro atoms. The van der Waals surface area contributed by atoms with Crippen molar-refractivity contribution in [2.24, 2.45) is 0 Å². The molecular formula is C20H15Cl3FNO. The van der Waals surface area contributed by atoms with E-state index in [-0.39, 0.29) is 12.4 Å². The van der Waals surface area contributed by atoms with Gasteiger partial charge in [0.1, 0.15) is 18.2 Å². The van der Waals surface area contributed by atoms with Crippen molar-refractivity contribution in [1.82, 2.24) is 0 Å². The smallest absolute Gasteiger partial charge is 0.131 e. The van der Waals surface area contributed by atoms with E-state index in [0.717, 1.165) is 11.3 Å². The summed E-state index contributed by atoms with van der Waals surface area (Å²) in [5.74, 6) is 0.267. The van der Waals surface area contributed by atoms with Gasteiger partial charge in [0.2, 0.25) is 0 Å². The SMILES string of the molecule is Fc1cccc(Cl)c1COc1ccccc1CNc1ccc(Cl)c(Cl)c1. The highest BCUT2D eigenvalue weighted by Gasteiger charge is 2.10. The minimum Gasteiger partial charge on any atom is -0.488 e. The number of hydrogen-bond donors (Lipinski definition) is 1. The van der Waals surface area contributed by atoms with Crippen molar-refractivity contribution in [2.75, 3.05) is 5.32 Å². The molecule has 2 nitrogen and oxygen atoms in total. The van der Waals surface area contributed by atoms with E-state index < -0.39 is 0 Å². The molecule has 0 bridgehead atoms. The lowest BCUT2D eigenvalue weighted by Crippen LogP contribution is -2.05. The van der Waals surface area contributed by atoms with E-state index in [1.54, 1.807) is 24.3 Å². The van der Waals surface area contributed by atoms with Gasteiger partial charge in [0, 0.05) is 23.4 Å². The molecule has 0 radical (unpaired) electrons. The fraction of sp³-hybridized carbons (Fsp3) is 0.100. The first-order valence-corrected chi connectivity index (χ1v) is 9.00. The van der Waals surface area contributed by atoms with Gasteiger partial charge in [0.15, 0.2) is 0 Å². The molecule has 0 amide bonds. The zero-order valence-corrected chi connectivity index (χ0v) is 15.9. The van der Waals surface area contributed by atoms with Crippen molar-refractivity contribution in [2.45, 2.75) is 13.2 Å². The maximum Gasteiger partial charge on any atom is 0.131 e. The Morgan fingerprint density at radius 3 is 2.42 bits per heavy atom. The largest absolute Gasteiger partial charge is 0.488 e. The van der Waals surface area contributed by atoms with Crippen LogP contribution in [-0.2, 0) is 13.2 Å². The number of halogens is 4. The lowest BCUT2D eigenvalue weighted by atomic mass is 10.2. The number of anilines is 1. The fourth-order valence-electron chi connectivity index (χ4n) is 2.41. The quantitative estimate of drug-likeness (QED) is 0.473. The molecule has 0 fully saturated rings. The summed E-state index contributed by atoms with van der Waals surface area (Å²) >= 11 is 18.0. The van der Waals surface area contributed by atoms with E-state index in [1.165, 1.54) is 6.07 Å². The van der Waals surface area contributed by atoms with Gasteiger partial charge >= 0.3 is 0 Å². The number of benzene rings is 3. The van der Waals surface area contributed by atoms with Crippen molar-refractivity contribution >= 4 is 40.5 Å². The van der Waals surface area contributed by atoms with Crippen molar-refractivity contribution in [3.05, 3.63) is 92.7 Å². The van der Waals surface area contributed by atoms with Crippen LogP contribution in [0, 0.1) is 5.82 Å². The molecule has 3 aromatic rings. The zero-order valence-electron chi connectivity index (χ0n) is 13.6. The van der Waals surface area contributed by atoms with Crippen molar-refractivity contribution in [3.8, 4) is 5.75 Å². The average Bonchev–Trinajstić information content (AvgIpc) is 2.63. The Kier molecular flexibility index (Phi) is 6.25. The van der Waals surface area contributed by atoms with Crippen molar-refractivity contribution in [3.63, 3.8) is 0 Å². The van der Waals surface area contributed by atoms with Crippen LogP contribution in [-0.4, -0.2) is 0 Å². The van der Waals surface area contributed by atoms with Crippen LogP contribution in [0.4, 0.5) is 10.1 Å². The highest BCUT2D eigenvalue weighted by atomic mass is 35.5. The Labute approximate surface area is 166 Å². The first-order chi connectivity index (χ1) is 12.5. The van der Waals surface area contributed by atoms with E-state index in [2.05, 4.69) is 5.32 Å². The molecule has 0 aliphatic carbocycles. The second-order valence-corrected chi connectivity index (χ2v) is 6.80. The van der Waals surface area contributed by atoms with Gasteiger partial charge in [-0.15, -0.1) is 0 Å². The molecule has 0 atom stereocenters. The van der Waals surface area contributed by atoms with Crippen molar-refractivity contribution in [1.29, 1.82) is 0 Å². The van der Waals surface area contributed by atoms with Crippen LogP contribution in [0.1, 0.15) is 11.1 Å². The van der Waals surface area contributed by atoms with Gasteiger partial charge in [-0.05, 0) is 36.4 Å². The number of nitrogens with one attached hydrogen (secondary N) is 1. The van der Waals surface area contributed by atoms with Crippen LogP contribution in [0.2, 0.25) is 15.1 Å². The van der Waals surface area contributed by atoms with Gasteiger partial charge in [-0.25, -0.2) is 4.39 Å². The Morgan fingerprint density at radius 2 is 1.65 bits per heavy atom. The Hall–Kier alpha value is -1.94. The topological polar surface area (TPSA) is 21.3 Å². The highest BCUT2D eigenvalue weighted by molar-refractivity contribution is 6.42. The third-order valence-electron chi connectivity index (χ3n) is 3.81. The van der Waals surface area contributed by atoms with E-state index >= 15 is 0 Å². The number of ether oxygens (including phenoxy) is 1. The van der Waals surface area contributed by atoms with Crippen LogP contribution in [0.15, 0.2) is 60.7 Å². The van der Waals surface area contributed by atoms with Crippen LogP contribution in [0.5, 0.6) is 5.75 Å². The molecule has 0 aromatic heterocycles. The standard InChI is InChI=1S/C20H15Cl3FNO/c21-16-5-3-6-19(24)15(16)12-26-20-7-2-1-4-13(20)11-25-14-8-9-17(22)18(23)10-14/h1-10,25H,11-12H2. The summed E-state index contributed by atoms with van der Waals surface area (Å²) in [6, 6.07) is 17.4. The lowest BCUT2D eigenvalue weighted by molar-refractivity contribution is 0.297. The monoisotopic (exact) mass is 409 g/mol. The number of hydrogen-bond acceptors (Lipinski definition) is 2. The van der Waals surface area contributed by atoms with E-state index in [9.17, 15) is 4.39 Å². The lowest BCUT2D eigenvalue weighted by Gasteiger charge is -2.14. The van der Waals surface area contributed by atoms with Crippen molar-refractivity contribution < 1.29 is 9.13 Å². The molecule has 0 saturated carbocycles. The van der Waals surface area contributed by atoms with Gasteiger partial charge < -0.3 is 10.1 Å². The predicted octanol–water partition coefficient (Wildman–Crippen LogP) is 6.98. The summed E-state index contributed by atoms with van der Waals surface area (Å²) in [5.41, 5.74) is 2.10. The summed E-state index contributed by atoms with van der Waals surface area (Å²) in [7, 11) is 0. The average molecular weight is 411 g/mol. The molecule has 0 saturated heterocycles. The zero-order chi connectivity index (χ0) is 18.5. The molecule has 0 aliphatic rings. The molecule has 26 heavy (non-hydrogen) atoms. The Morgan fingerprint density at radius 1 is 0.846 bits per heavy atom. The van der Waals surface area contributed by atoms with Gasteiger partial charge in [-0.1, -0.05) is 59.1 Å². The highest BCUT2D eigenvalue weighted by Crippen LogP contribution is 2.27. The van der Waals surface area contributed by atoms with Gasteiger partial charge in [0.25, 0.3) is 0 Å². The van der Waals surface area contributed by atoms with Gasteiger partial charge in [0.05, 0.1) is 15.1 Å². The fourth-order valence-corrected chi connectivity index (χ4v) is 2.93. The van der Waals surface area contributed by atoms with Crippen LogP contribution in [0.3, 0.4) is 0 Å².